The second kappa shape index (κ2) is 6.83. The number of aromatic nitrogens is 2. The summed E-state index contributed by atoms with van der Waals surface area (Å²) < 4.78 is 18.7. The van der Waals surface area contributed by atoms with Gasteiger partial charge in [0.2, 0.25) is 5.82 Å². The summed E-state index contributed by atoms with van der Waals surface area (Å²) in [6.07, 6.45) is 0. The second-order valence-electron chi connectivity index (χ2n) is 4.29. The molecule has 7 heteroatoms. The molecule has 0 aliphatic heterocycles. The summed E-state index contributed by atoms with van der Waals surface area (Å²) in [7, 11) is 0. The van der Waals surface area contributed by atoms with E-state index >= 15 is 0 Å². The van der Waals surface area contributed by atoms with Crippen LogP contribution in [0.15, 0.2) is 53.1 Å². The van der Waals surface area contributed by atoms with Crippen molar-refractivity contribution in [2.45, 2.75) is 0 Å². The molecular formula is C15H9FN2NaO3. The fourth-order valence-electron chi connectivity index (χ4n) is 1.88. The fourth-order valence-corrected chi connectivity index (χ4v) is 1.88. The zero-order valence-corrected chi connectivity index (χ0v) is 13.7. The molecule has 0 unspecified atom stereocenters. The first-order chi connectivity index (χ1) is 10.1. The van der Waals surface area contributed by atoms with Gasteiger partial charge in [-0.1, -0.05) is 29.4 Å². The van der Waals surface area contributed by atoms with Gasteiger partial charge in [0, 0.05) is 35.1 Å². The number of aromatic carboxylic acids is 1. The number of rotatable bonds is 3. The molecule has 0 aliphatic rings. The number of hydrogen-bond donors (Lipinski definition) is 1. The first-order valence-corrected chi connectivity index (χ1v) is 6.07. The van der Waals surface area contributed by atoms with E-state index in [1.165, 1.54) is 24.3 Å². The van der Waals surface area contributed by atoms with Gasteiger partial charge in [-0.15, -0.1) is 0 Å². The van der Waals surface area contributed by atoms with Crippen molar-refractivity contribution in [2.24, 2.45) is 0 Å². The molecule has 105 valence electrons. The van der Waals surface area contributed by atoms with Crippen molar-refractivity contribution in [1.82, 2.24) is 10.1 Å². The third-order valence-corrected chi connectivity index (χ3v) is 2.90. The molecule has 0 spiro atoms. The average Bonchev–Trinajstić information content (AvgIpc) is 2.97. The molecule has 1 N–H and O–H groups in total. The molecule has 3 rings (SSSR count). The first-order valence-electron chi connectivity index (χ1n) is 6.07. The van der Waals surface area contributed by atoms with Crippen LogP contribution in [0.3, 0.4) is 0 Å². The van der Waals surface area contributed by atoms with Crippen LogP contribution < -0.4 is 0 Å². The van der Waals surface area contributed by atoms with Crippen LogP contribution in [0.4, 0.5) is 4.39 Å². The van der Waals surface area contributed by atoms with Gasteiger partial charge in [-0.3, -0.25) is 0 Å². The topological polar surface area (TPSA) is 76.2 Å². The number of carboxylic acid groups (broad SMARTS) is 1. The second-order valence-corrected chi connectivity index (χ2v) is 4.29. The van der Waals surface area contributed by atoms with Crippen LogP contribution in [-0.2, 0) is 0 Å². The summed E-state index contributed by atoms with van der Waals surface area (Å²) in [5, 5.41) is 12.7. The maximum atomic E-state index is 13.7. The van der Waals surface area contributed by atoms with E-state index in [0.29, 0.717) is 5.56 Å². The van der Waals surface area contributed by atoms with E-state index in [0.717, 1.165) is 0 Å². The van der Waals surface area contributed by atoms with E-state index in [1.807, 2.05) is 0 Å². The zero-order valence-electron chi connectivity index (χ0n) is 11.7. The predicted octanol–water partition coefficient (Wildman–Crippen LogP) is 2.86. The molecule has 0 bridgehead atoms. The molecule has 0 amide bonds. The number of halogens is 1. The minimum atomic E-state index is -1.05. The Morgan fingerprint density at radius 2 is 1.91 bits per heavy atom. The van der Waals surface area contributed by atoms with Crippen LogP contribution >= 0.6 is 0 Å². The van der Waals surface area contributed by atoms with Crippen LogP contribution in [0.1, 0.15) is 10.4 Å². The number of nitrogens with zero attached hydrogens (tertiary/aromatic N) is 2. The van der Waals surface area contributed by atoms with Gasteiger partial charge in [-0.05, 0) is 24.3 Å². The number of hydrogen-bond acceptors (Lipinski definition) is 4. The number of carboxylic acids is 1. The van der Waals surface area contributed by atoms with Crippen molar-refractivity contribution >= 4 is 35.5 Å². The first kappa shape index (κ1) is 16.4. The van der Waals surface area contributed by atoms with E-state index < -0.39 is 11.8 Å². The third-order valence-electron chi connectivity index (χ3n) is 2.90. The van der Waals surface area contributed by atoms with Crippen molar-refractivity contribution in [3.8, 4) is 22.8 Å². The quantitative estimate of drug-likeness (QED) is 0.753. The molecule has 22 heavy (non-hydrogen) atoms. The number of benzene rings is 2. The van der Waals surface area contributed by atoms with Crippen LogP contribution in [-0.4, -0.2) is 50.8 Å². The Bertz CT molecular complexity index is 820. The maximum absolute atomic E-state index is 13.7. The monoisotopic (exact) mass is 307 g/mol. The van der Waals surface area contributed by atoms with Gasteiger partial charge < -0.3 is 9.63 Å². The molecule has 0 atom stereocenters. The predicted molar refractivity (Wildman–Crippen MR) is 77.8 cm³/mol. The summed E-state index contributed by atoms with van der Waals surface area (Å²) >= 11 is 0. The number of carbonyl (C=O) groups is 1. The summed E-state index contributed by atoms with van der Waals surface area (Å²) in [4.78, 5) is 15.0. The summed E-state index contributed by atoms with van der Waals surface area (Å²) in [5.41, 5.74) is 0.802. The molecular weight excluding hydrogens is 298 g/mol. The van der Waals surface area contributed by atoms with Crippen molar-refractivity contribution < 1.29 is 18.8 Å². The Kier molecular flexibility index (Phi) is 5.07. The molecule has 3 aromatic rings. The SMILES string of the molecule is O=C(O)c1cccc(-c2noc(-c3ccccc3F)n2)c1.[Na]. The third kappa shape index (κ3) is 3.24. The minimum Gasteiger partial charge on any atom is -0.478 e. The average molecular weight is 307 g/mol. The molecule has 0 saturated carbocycles. The van der Waals surface area contributed by atoms with Crippen molar-refractivity contribution in [2.75, 3.05) is 0 Å². The van der Waals surface area contributed by atoms with Crippen molar-refractivity contribution in [1.29, 1.82) is 0 Å². The van der Waals surface area contributed by atoms with Crippen molar-refractivity contribution in [3.05, 3.63) is 59.9 Å². The van der Waals surface area contributed by atoms with Crippen LogP contribution in [0.5, 0.6) is 0 Å². The zero-order chi connectivity index (χ0) is 14.8. The molecule has 5 nitrogen and oxygen atoms in total. The summed E-state index contributed by atoms with van der Waals surface area (Å²) in [5.74, 6) is -1.26. The fraction of sp³-hybridized carbons (Fsp3) is 0. The van der Waals surface area contributed by atoms with E-state index in [2.05, 4.69) is 10.1 Å². The van der Waals surface area contributed by atoms with E-state index in [4.69, 9.17) is 9.63 Å². The summed E-state index contributed by atoms with van der Waals surface area (Å²) in [6, 6.07) is 12.2. The van der Waals surface area contributed by atoms with Gasteiger partial charge in [0.15, 0.2) is 0 Å². The van der Waals surface area contributed by atoms with Gasteiger partial charge in [-0.2, -0.15) is 4.98 Å². The molecule has 0 fully saturated rings. The Morgan fingerprint density at radius 3 is 2.64 bits per heavy atom. The van der Waals surface area contributed by atoms with E-state index in [9.17, 15) is 9.18 Å². The van der Waals surface area contributed by atoms with Crippen LogP contribution in [0, 0.1) is 5.82 Å². The normalized spacial score (nSPS) is 10.0. The van der Waals surface area contributed by atoms with Gasteiger partial charge in [0.25, 0.3) is 5.89 Å². The van der Waals surface area contributed by atoms with Gasteiger partial charge in [-0.25, -0.2) is 9.18 Å². The molecule has 0 saturated heterocycles. The molecule has 1 radical (unpaired) electrons. The Morgan fingerprint density at radius 1 is 1.14 bits per heavy atom. The molecule has 2 aromatic carbocycles. The molecule has 1 heterocycles. The molecule has 0 aliphatic carbocycles. The van der Waals surface area contributed by atoms with Crippen LogP contribution in [0.25, 0.3) is 22.8 Å². The van der Waals surface area contributed by atoms with Gasteiger partial charge in [0.1, 0.15) is 5.82 Å². The summed E-state index contributed by atoms with van der Waals surface area (Å²) in [6.45, 7) is 0. The van der Waals surface area contributed by atoms with E-state index in [1.54, 1.807) is 24.3 Å². The molecule has 1 aromatic heterocycles. The minimum absolute atomic E-state index is 0. The van der Waals surface area contributed by atoms with Crippen LogP contribution in [0.2, 0.25) is 0 Å². The maximum Gasteiger partial charge on any atom is 0.335 e. The largest absolute Gasteiger partial charge is 0.478 e. The standard InChI is InChI=1S/C15H9FN2O3.Na/c16-12-7-2-1-6-11(12)14-17-13(18-21-14)9-4-3-5-10(8-9)15(19)20;/h1-8H,(H,19,20);. The van der Waals surface area contributed by atoms with Gasteiger partial charge in [0.05, 0.1) is 11.1 Å². The smallest absolute Gasteiger partial charge is 0.335 e. The van der Waals surface area contributed by atoms with Gasteiger partial charge >= 0.3 is 5.97 Å². The Labute approximate surface area is 147 Å². The van der Waals surface area contributed by atoms with E-state index in [-0.39, 0.29) is 52.4 Å². The van der Waals surface area contributed by atoms with Crippen molar-refractivity contribution in [3.63, 3.8) is 0 Å². The Hall–Kier alpha value is -2.02. The Balaban J connectivity index is 0.00000176.